The number of nitro groups is 1. The Balaban J connectivity index is 1.86. The zero-order valence-electron chi connectivity index (χ0n) is 12.0. The zero-order chi connectivity index (χ0) is 15.9. The van der Waals surface area contributed by atoms with Crippen LogP contribution in [0.2, 0.25) is 0 Å². The third kappa shape index (κ3) is 2.76. The van der Waals surface area contributed by atoms with E-state index in [2.05, 4.69) is 4.74 Å². The lowest BCUT2D eigenvalue weighted by atomic mass is 10.0. The highest BCUT2D eigenvalue weighted by Gasteiger charge is 2.37. The molecule has 2 aliphatic rings. The molecule has 8 heteroatoms. The molecule has 0 unspecified atom stereocenters. The number of nitrogens with zero attached hydrogens (tertiary/aromatic N) is 2. The first kappa shape index (κ1) is 12.8. The molecule has 3 rings (SSSR count). The topological polar surface area (TPSA) is 64.8 Å². The summed E-state index contributed by atoms with van der Waals surface area (Å²) in [6, 6.07) is 3.83. The maximum absolute atomic E-state index is 12.7. The molecule has 0 N–H and O–H groups in total. The molecular formula is C13H14F2N2O4. The Kier molecular flexibility index (Phi) is 3.30. The van der Waals surface area contributed by atoms with Crippen molar-refractivity contribution in [2.75, 3.05) is 31.2 Å². The molecule has 6 nitrogen and oxygen atoms in total. The van der Waals surface area contributed by atoms with E-state index in [1.165, 1.54) is 12.1 Å². The molecule has 0 saturated carbocycles. The van der Waals surface area contributed by atoms with Crippen molar-refractivity contribution in [3.8, 4) is 5.75 Å². The van der Waals surface area contributed by atoms with Gasteiger partial charge in [0.2, 0.25) is 5.75 Å². The van der Waals surface area contributed by atoms with Crippen LogP contribution in [0.4, 0.5) is 20.2 Å². The van der Waals surface area contributed by atoms with Crippen molar-refractivity contribution in [1.82, 2.24) is 0 Å². The van der Waals surface area contributed by atoms with E-state index >= 15 is 0 Å². The van der Waals surface area contributed by atoms with Gasteiger partial charge in [-0.05, 0) is 6.07 Å². The lowest BCUT2D eigenvalue weighted by Crippen LogP contribution is -2.22. The molecule has 1 aromatic carbocycles. The molecule has 0 bridgehead atoms. The molecule has 0 amide bonds. The van der Waals surface area contributed by atoms with Gasteiger partial charge in [-0.2, -0.15) is 8.78 Å². The van der Waals surface area contributed by atoms with Crippen molar-refractivity contribution >= 4 is 11.4 Å². The average Bonchev–Trinajstić information content (AvgIpc) is 2.96. The zero-order valence-corrected chi connectivity index (χ0v) is 11.0. The Hall–Kier alpha value is -1.96. The number of hydrogen-bond donors (Lipinski definition) is 0. The summed E-state index contributed by atoms with van der Waals surface area (Å²) in [5.74, 6) is 0.171. The second-order valence-electron chi connectivity index (χ2n) is 5.20. The molecule has 2 saturated heterocycles. The van der Waals surface area contributed by atoms with E-state index in [0.29, 0.717) is 43.8 Å². The number of benzene rings is 1. The summed E-state index contributed by atoms with van der Waals surface area (Å²) < 4.78 is 41.5. The van der Waals surface area contributed by atoms with Crippen molar-refractivity contribution in [2.45, 2.75) is 6.59 Å². The van der Waals surface area contributed by atoms with Crippen molar-refractivity contribution in [2.24, 2.45) is 11.8 Å². The quantitative estimate of drug-likeness (QED) is 0.630. The largest absolute Gasteiger partial charge is 0.427 e. The van der Waals surface area contributed by atoms with Gasteiger partial charge in [-0.3, -0.25) is 10.1 Å². The predicted molar refractivity (Wildman–Crippen MR) is 69.7 cm³/mol. The maximum Gasteiger partial charge on any atom is 0.387 e. The number of ether oxygens (including phenoxy) is 2. The molecule has 2 atom stereocenters. The van der Waals surface area contributed by atoms with E-state index < -0.39 is 22.9 Å². The van der Waals surface area contributed by atoms with Gasteiger partial charge in [0, 0.05) is 42.7 Å². The van der Waals surface area contributed by atoms with Crippen LogP contribution in [-0.2, 0) is 4.74 Å². The molecule has 0 radical (unpaired) electrons. The summed E-state index contributed by atoms with van der Waals surface area (Å²) in [5.41, 5.74) is -0.0161. The average molecular weight is 301 g/mol. The van der Waals surface area contributed by atoms with Crippen molar-refractivity contribution in [3.63, 3.8) is 0 Å². The van der Waals surface area contributed by atoms with Crippen LogP contribution in [0.15, 0.2) is 18.2 Å². The van der Waals surface area contributed by atoms with Gasteiger partial charge in [-0.1, -0.05) is 0 Å². The smallest absolute Gasteiger partial charge is 0.387 e. The number of halogens is 2. The number of alkyl halides is 2. The number of rotatable bonds is 4. The van der Waals surface area contributed by atoms with Gasteiger partial charge in [-0.25, -0.2) is 0 Å². The van der Waals surface area contributed by atoms with Crippen molar-refractivity contribution in [3.05, 3.63) is 28.3 Å². The SMILES string of the molecule is [2H]C(F)(F)Oc1cc(N2C[C@H]3COC[C@H]3C2)ccc1[N+](=O)[O-]. The molecule has 114 valence electrons. The summed E-state index contributed by atoms with van der Waals surface area (Å²) in [6.07, 6.45) is 0. The Morgan fingerprint density at radius 2 is 2.10 bits per heavy atom. The monoisotopic (exact) mass is 301 g/mol. The van der Waals surface area contributed by atoms with Gasteiger partial charge in [-0.15, -0.1) is 0 Å². The molecular weight excluding hydrogens is 286 g/mol. The third-order valence-electron chi connectivity index (χ3n) is 3.93. The van der Waals surface area contributed by atoms with E-state index in [1.807, 2.05) is 4.90 Å². The minimum atomic E-state index is -4.22. The van der Waals surface area contributed by atoms with Crippen LogP contribution < -0.4 is 9.64 Å². The van der Waals surface area contributed by atoms with Gasteiger partial charge in [0.1, 0.15) is 0 Å². The summed E-state index contributed by atoms with van der Waals surface area (Å²) >= 11 is 0. The van der Waals surface area contributed by atoms with Gasteiger partial charge in [0.15, 0.2) is 1.37 Å². The van der Waals surface area contributed by atoms with E-state index in [0.717, 1.165) is 6.07 Å². The van der Waals surface area contributed by atoms with Crippen LogP contribution in [-0.4, -0.2) is 37.8 Å². The third-order valence-corrected chi connectivity index (χ3v) is 3.93. The normalized spacial score (nSPS) is 25.6. The Labute approximate surface area is 120 Å². The minimum Gasteiger partial charge on any atom is -0.427 e. The number of fused-ring (bicyclic) bond motifs is 1. The Morgan fingerprint density at radius 1 is 1.43 bits per heavy atom. The fourth-order valence-corrected chi connectivity index (χ4v) is 2.91. The predicted octanol–water partition coefficient (Wildman–Crippen LogP) is 2.28. The van der Waals surface area contributed by atoms with Gasteiger partial charge < -0.3 is 14.4 Å². The molecule has 2 heterocycles. The molecule has 0 aromatic heterocycles. The van der Waals surface area contributed by atoms with E-state index in [4.69, 9.17) is 6.11 Å². The second-order valence-corrected chi connectivity index (χ2v) is 5.20. The Bertz CT molecular complexity index is 584. The molecule has 2 fully saturated rings. The molecule has 21 heavy (non-hydrogen) atoms. The van der Waals surface area contributed by atoms with Gasteiger partial charge in [0.25, 0.3) is 0 Å². The highest BCUT2D eigenvalue weighted by Crippen LogP contribution is 2.37. The highest BCUT2D eigenvalue weighted by molar-refractivity contribution is 5.60. The molecule has 1 aromatic rings. The van der Waals surface area contributed by atoms with E-state index in [-0.39, 0.29) is 0 Å². The van der Waals surface area contributed by atoms with Crippen molar-refractivity contribution < 1.29 is 24.5 Å². The maximum atomic E-state index is 12.7. The van der Waals surface area contributed by atoms with Gasteiger partial charge in [0.05, 0.1) is 18.1 Å². The first-order valence-corrected chi connectivity index (χ1v) is 6.51. The fraction of sp³-hybridized carbons (Fsp3) is 0.538. The lowest BCUT2D eigenvalue weighted by molar-refractivity contribution is -0.386. The summed E-state index contributed by atoms with van der Waals surface area (Å²) in [5, 5.41) is 10.9. The molecule has 0 aliphatic carbocycles. The first-order chi connectivity index (χ1) is 10.3. The van der Waals surface area contributed by atoms with Crippen LogP contribution in [0, 0.1) is 22.0 Å². The fourth-order valence-electron chi connectivity index (χ4n) is 2.91. The van der Waals surface area contributed by atoms with E-state index in [9.17, 15) is 18.9 Å². The number of anilines is 1. The van der Waals surface area contributed by atoms with Crippen LogP contribution in [0.25, 0.3) is 0 Å². The summed E-state index contributed by atoms with van der Waals surface area (Å²) in [7, 11) is 0. The number of hydrogen-bond acceptors (Lipinski definition) is 5. The standard InChI is InChI=1S/C13H14F2N2O4/c14-13(15)21-12-3-10(1-2-11(12)17(18)19)16-4-8-6-20-7-9(8)5-16/h1-3,8-9,13H,4-7H2/t8-,9+/i13D. The first-order valence-electron chi connectivity index (χ1n) is 7.01. The molecule has 2 aliphatic heterocycles. The van der Waals surface area contributed by atoms with Gasteiger partial charge >= 0.3 is 12.3 Å². The minimum absolute atomic E-state index is 0.386. The Morgan fingerprint density at radius 3 is 2.67 bits per heavy atom. The van der Waals surface area contributed by atoms with Crippen LogP contribution in [0.1, 0.15) is 1.37 Å². The van der Waals surface area contributed by atoms with E-state index in [1.54, 1.807) is 0 Å². The lowest BCUT2D eigenvalue weighted by Gasteiger charge is -2.20. The summed E-state index contributed by atoms with van der Waals surface area (Å²) in [6.45, 7) is -1.47. The molecule has 0 spiro atoms. The summed E-state index contributed by atoms with van der Waals surface area (Å²) in [4.78, 5) is 12.0. The van der Waals surface area contributed by atoms with Crippen LogP contribution in [0.3, 0.4) is 0 Å². The van der Waals surface area contributed by atoms with Crippen LogP contribution in [0.5, 0.6) is 5.75 Å². The van der Waals surface area contributed by atoms with Crippen molar-refractivity contribution in [1.29, 1.82) is 0 Å². The number of nitro benzene ring substituents is 1. The van der Waals surface area contributed by atoms with Crippen LogP contribution >= 0.6 is 0 Å². The second kappa shape index (κ2) is 5.44. The highest BCUT2D eigenvalue weighted by atomic mass is 19.3.